The maximum absolute atomic E-state index is 14.1. The van der Waals surface area contributed by atoms with Crippen molar-refractivity contribution in [2.45, 2.75) is 144 Å². The van der Waals surface area contributed by atoms with E-state index in [-0.39, 0.29) is 35.3 Å². The van der Waals surface area contributed by atoms with Crippen molar-refractivity contribution >= 4 is 32.2 Å². The largest absolute Gasteiger partial charge is 0.463 e. The Balaban J connectivity index is 3.51. The molecule has 11 heteroatoms. The fourth-order valence-electron chi connectivity index (χ4n) is 4.97. The maximum Gasteiger partial charge on any atom is 0.407 e. The summed E-state index contributed by atoms with van der Waals surface area (Å²) < 4.78 is 17.7. The van der Waals surface area contributed by atoms with Crippen LogP contribution in [0.1, 0.15) is 102 Å². The van der Waals surface area contributed by atoms with E-state index in [2.05, 4.69) is 49.8 Å². The van der Waals surface area contributed by atoms with Gasteiger partial charge in [-0.15, -0.1) is 0 Å². The molecule has 0 aromatic heterocycles. The van der Waals surface area contributed by atoms with Crippen molar-refractivity contribution in [3.05, 3.63) is 23.8 Å². The molecule has 1 aliphatic rings. The van der Waals surface area contributed by atoms with E-state index in [1.807, 2.05) is 54.5 Å². The monoisotopic (exact) mass is 665 g/mol. The van der Waals surface area contributed by atoms with Crippen molar-refractivity contribution in [1.82, 2.24) is 16.0 Å². The first kappa shape index (κ1) is 41.4. The van der Waals surface area contributed by atoms with E-state index < -0.39 is 50.1 Å². The number of amides is 3. The molecule has 1 aliphatic heterocycles. The summed E-state index contributed by atoms with van der Waals surface area (Å²) in [6.45, 7) is 26.9. The van der Waals surface area contributed by atoms with Crippen molar-refractivity contribution in [2.75, 3.05) is 13.2 Å². The summed E-state index contributed by atoms with van der Waals surface area (Å²) in [5.41, 5.74) is 0.406. The Morgan fingerprint density at radius 3 is 2.17 bits per heavy atom. The Morgan fingerprint density at radius 1 is 1.07 bits per heavy atom. The summed E-state index contributed by atoms with van der Waals surface area (Å²) in [7, 11) is -2.36. The Hall–Kier alpha value is -2.66. The number of carbonyl (C=O) groups excluding carboxylic acids is 4. The van der Waals surface area contributed by atoms with Crippen LogP contribution in [0.25, 0.3) is 0 Å². The minimum atomic E-state index is -2.36. The molecule has 46 heavy (non-hydrogen) atoms. The summed E-state index contributed by atoms with van der Waals surface area (Å²) >= 11 is 0. The van der Waals surface area contributed by atoms with Gasteiger partial charge in [-0.25, -0.2) is 9.59 Å². The van der Waals surface area contributed by atoms with Gasteiger partial charge in [0.1, 0.15) is 5.60 Å². The first-order valence-electron chi connectivity index (χ1n) is 16.8. The molecule has 0 aromatic carbocycles. The number of allylic oxidation sites excluding steroid dienone is 2. The molecule has 1 heterocycles. The topological polar surface area (TPSA) is 132 Å². The molecule has 0 radical (unpaired) electrons. The average molecular weight is 666 g/mol. The SMILES string of the molecule is CCOC(=O)/C=C/[C@H](C[C@@H]1CCNC1=O)NC(=O)[C@H](CC=C(C)C)C[C@H](O[Si](C)(C)C(C)(C)C)[C@@H](NC(=O)OC(C)(C)C)C(C)C. The maximum atomic E-state index is 14.1. The average Bonchev–Trinajstić information content (AvgIpc) is 3.29. The fourth-order valence-corrected chi connectivity index (χ4v) is 6.33. The predicted molar refractivity (Wildman–Crippen MR) is 186 cm³/mol. The first-order chi connectivity index (χ1) is 21.1. The first-order valence-corrected chi connectivity index (χ1v) is 19.7. The lowest BCUT2D eigenvalue weighted by atomic mass is 9.88. The Morgan fingerprint density at radius 2 is 1.70 bits per heavy atom. The molecule has 0 aromatic rings. The zero-order valence-electron chi connectivity index (χ0n) is 30.8. The van der Waals surface area contributed by atoms with Gasteiger partial charge < -0.3 is 29.9 Å². The van der Waals surface area contributed by atoms with Gasteiger partial charge in [-0.3, -0.25) is 9.59 Å². The van der Waals surface area contributed by atoms with Crippen LogP contribution >= 0.6 is 0 Å². The molecule has 0 saturated carbocycles. The van der Waals surface area contributed by atoms with E-state index in [1.54, 1.807) is 13.0 Å². The highest BCUT2D eigenvalue weighted by molar-refractivity contribution is 6.74. The van der Waals surface area contributed by atoms with Crippen LogP contribution < -0.4 is 16.0 Å². The lowest BCUT2D eigenvalue weighted by molar-refractivity contribution is -0.137. The van der Waals surface area contributed by atoms with Gasteiger partial charge in [-0.05, 0) is 91.3 Å². The second-order valence-electron chi connectivity index (χ2n) is 15.5. The number of nitrogens with one attached hydrogen (secondary N) is 3. The Labute approximate surface area is 279 Å². The number of ether oxygens (including phenoxy) is 2. The minimum absolute atomic E-state index is 0.0180. The molecule has 5 atom stereocenters. The highest BCUT2D eigenvalue weighted by atomic mass is 28.4. The van der Waals surface area contributed by atoms with Gasteiger partial charge in [0.05, 0.1) is 18.8 Å². The highest BCUT2D eigenvalue weighted by Gasteiger charge is 2.43. The third-order valence-corrected chi connectivity index (χ3v) is 13.0. The van der Waals surface area contributed by atoms with Crippen LogP contribution in [0.5, 0.6) is 0 Å². The standard InChI is InChI=1S/C35H63N3O7Si/c1-14-43-29(39)18-17-27(21-26-19-20-36-31(26)40)37-32(41)25(16-15-23(2)3)22-28(45-46(12,13)35(9,10)11)30(24(4)5)38-33(42)44-34(6,7)8/h15,17-18,24-28,30H,14,16,19-22H2,1-13H3,(H,36,40)(H,37,41)(H,38,42)/b18-17+/t25-,26+,27-,28+,30+/m1/s1. The Kier molecular flexibility index (Phi) is 16.2. The lowest BCUT2D eigenvalue weighted by Gasteiger charge is -2.43. The smallest absolute Gasteiger partial charge is 0.407 e. The summed E-state index contributed by atoms with van der Waals surface area (Å²) in [6, 6.07) is -0.979. The second-order valence-corrected chi connectivity index (χ2v) is 20.3. The Bertz CT molecular complexity index is 1080. The molecule has 0 unspecified atom stereocenters. The fraction of sp³-hybridized carbons (Fsp3) is 0.771. The number of esters is 1. The molecule has 0 bridgehead atoms. The second kappa shape index (κ2) is 18.0. The van der Waals surface area contributed by atoms with Crippen molar-refractivity contribution < 1.29 is 33.1 Å². The quantitative estimate of drug-likeness (QED) is 0.0751. The molecule has 3 N–H and O–H groups in total. The van der Waals surface area contributed by atoms with Crippen LogP contribution in [0.2, 0.25) is 18.1 Å². The van der Waals surface area contributed by atoms with Gasteiger partial charge in [0.25, 0.3) is 0 Å². The molecule has 0 spiro atoms. The van der Waals surface area contributed by atoms with Crippen molar-refractivity contribution in [3.63, 3.8) is 0 Å². The van der Waals surface area contributed by atoms with Crippen LogP contribution in [0, 0.1) is 17.8 Å². The van der Waals surface area contributed by atoms with E-state index >= 15 is 0 Å². The van der Waals surface area contributed by atoms with Gasteiger partial charge in [0.2, 0.25) is 11.8 Å². The summed E-state index contributed by atoms with van der Waals surface area (Å²) in [5.74, 6) is -1.57. The van der Waals surface area contributed by atoms with E-state index in [1.165, 1.54) is 6.08 Å². The van der Waals surface area contributed by atoms with Gasteiger partial charge in [0.15, 0.2) is 8.32 Å². The molecule has 0 aliphatic carbocycles. The van der Waals surface area contributed by atoms with Crippen LogP contribution in [0.3, 0.4) is 0 Å². The predicted octanol–water partition coefficient (Wildman–Crippen LogP) is 6.42. The molecule has 10 nitrogen and oxygen atoms in total. The van der Waals surface area contributed by atoms with E-state index in [0.29, 0.717) is 32.2 Å². The zero-order valence-corrected chi connectivity index (χ0v) is 31.8. The van der Waals surface area contributed by atoms with Crippen LogP contribution in [0.15, 0.2) is 23.8 Å². The number of hydrogen-bond acceptors (Lipinski definition) is 7. The van der Waals surface area contributed by atoms with Crippen molar-refractivity contribution in [3.8, 4) is 0 Å². The molecule has 264 valence electrons. The van der Waals surface area contributed by atoms with Gasteiger partial charge >= 0.3 is 12.1 Å². The van der Waals surface area contributed by atoms with Crippen LogP contribution in [-0.2, 0) is 28.3 Å². The normalized spacial score (nSPS) is 18.4. The molecule has 3 amide bonds. The molecule has 1 saturated heterocycles. The molecule has 1 rings (SSSR count). The summed E-state index contributed by atoms with van der Waals surface area (Å²) in [5, 5.41) is 8.94. The van der Waals surface area contributed by atoms with Gasteiger partial charge in [-0.2, -0.15) is 0 Å². The summed E-state index contributed by atoms with van der Waals surface area (Å²) in [6.07, 6.45) is 5.78. The molecule has 1 fully saturated rings. The van der Waals surface area contributed by atoms with Gasteiger partial charge in [0, 0.05) is 30.5 Å². The third-order valence-electron chi connectivity index (χ3n) is 8.53. The minimum Gasteiger partial charge on any atom is -0.463 e. The molecular weight excluding hydrogens is 602 g/mol. The number of rotatable bonds is 16. The number of carbonyl (C=O) groups is 4. The van der Waals surface area contributed by atoms with E-state index in [4.69, 9.17) is 13.9 Å². The summed E-state index contributed by atoms with van der Waals surface area (Å²) in [4.78, 5) is 51.8. The molecular formula is C35H63N3O7Si. The van der Waals surface area contributed by atoms with Crippen LogP contribution in [-0.4, -0.2) is 69.1 Å². The van der Waals surface area contributed by atoms with E-state index in [9.17, 15) is 19.2 Å². The van der Waals surface area contributed by atoms with Crippen molar-refractivity contribution in [2.24, 2.45) is 17.8 Å². The number of hydrogen-bond donors (Lipinski definition) is 3. The lowest BCUT2D eigenvalue weighted by Crippen LogP contribution is -2.55. The van der Waals surface area contributed by atoms with Gasteiger partial charge in [-0.1, -0.05) is 52.3 Å². The van der Waals surface area contributed by atoms with Crippen molar-refractivity contribution in [1.29, 1.82) is 0 Å². The number of alkyl carbamates (subject to hydrolysis) is 1. The zero-order chi connectivity index (χ0) is 35.5. The third kappa shape index (κ3) is 14.8. The highest BCUT2D eigenvalue weighted by Crippen LogP contribution is 2.39. The van der Waals surface area contributed by atoms with Crippen LogP contribution in [0.4, 0.5) is 4.79 Å². The van der Waals surface area contributed by atoms with E-state index in [0.717, 1.165) is 5.57 Å².